The molecule has 0 bridgehead atoms. The fourth-order valence-corrected chi connectivity index (χ4v) is 10.6. The third kappa shape index (κ3) is 5.14. The van der Waals surface area contributed by atoms with Gasteiger partial charge in [-0.3, -0.25) is 0 Å². The number of aromatic nitrogens is 3. The largest absolute Gasteiger partial charge is 0.309 e. The van der Waals surface area contributed by atoms with Gasteiger partial charge in [-0.1, -0.05) is 140 Å². The van der Waals surface area contributed by atoms with Crippen LogP contribution in [0.4, 0.5) is 0 Å². The zero-order valence-corrected chi connectivity index (χ0v) is 33.1. The van der Waals surface area contributed by atoms with Crippen LogP contribution in [0.2, 0.25) is 0 Å². The highest BCUT2D eigenvalue weighted by atomic mass is 32.1. The highest BCUT2D eigenvalue weighted by Crippen LogP contribution is 2.44. The highest BCUT2D eigenvalue weighted by Gasteiger charge is 2.19. The lowest BCUT2D eigenvalue weighted by molar-refractivity contribution is 1.18. The van der Waals surface area contributed by atoms with Crippen LogP contribution in [-0.2, 0) is 0 Å². The normalized spacial score (nSPS) is 12.0. The summed E-state index contributed by atoms with van der Waals surface area (Å²) in [5.41, 5.74) is 11.5. The SMILES string of the molecule is c1ccc(-c2ccc3cc(-c4nc5ccccc5nc4-c4ccc(-n5c6cc7ccccc7cc6c6cc7sc8c9ccccc9ccc8c7cc65)cc4)ccc3c2)cc1. The fourth-order valence-electron chi connectivity index (χ4n) is 9.35. The first-order valence-electron chi connectivity index (χ1n) is 20.4. The summed E-state index contributed by atoms with van der Waals surface area (Å²) in [5.74, 6) is 0. The topological polar surface area (TPSA) is 30.7 Å². The van der Waals surface area contributed by atoms with E-state index in [4.69, 9.17) is 9.97 Å². The third-order valence-corrected chi connectivity index (χ3v) is 13.5. The van der Waals surface area contributed by atoms with Crippen LogP contribution in [0.5, 0.6) is 0 Å². The number of hydrogen-bond donors (Lipinski definition) is 0. The van der Waals surface area contributed by atoms with Crippen LogP contribution in [0, 0.1) is 0 Å². The van der Waals surface area contributed by atoms with Gasteiger partial charge in [0.25, 0.3) is 0 Å². The lowest BCUT2D eigenvalue weighted by Crippen LogP contribution is -1.97. The van der Waals surface area contributed by atoms with Crippen molar-refractivity contribution in [1.29, 1.82) is 0 Å². The Balaban J connectivity index is 0.987. The number of hydrogen-bond acceptors (Lipinski definition) is 3. The van der Waals surface area contributed by atoms with Crippen LogP contribution in [-0.4, -0.2) is 14.5 Å². The molecule has 0 N–H and O–H groups in total. The second-order valence-electron chi connectivity index (χ2n) is 15.8. The van der Waals surface area contributed by atoms with Crippen LogP contribution in [0.1, 0.15) is 0 Å². The number of fused-ring (bicyclic) bond motifs is 11. The van der Waals surface area contributed by atoms with Crippen LogP contribution in [0.3, 0.4) is 0 Å². The molecule has 10 aromatic carbocycles. The maximum absolute atomic E-state index is 5.29. The van der Waals surface area contributed by atoms with E-state index in [0.717, 1.165) is 39.2 Å². The summed E-state index contributed by atoms with van der Waals surface area (Å²) >= 11 is 1.90. The van der Waals surface area contributed by atoms with Gasteiger partial charge in [-0.2, -0.15) is 0 Å². The first-order valence-corrected chi connectivity index (χ1v) is 21.2. The van der Waals surface area contributed by atoms with E-state index in [0.29, 0.717) is 0 Å². The Labute approximate surface area is 349 Å². The van der Waals surface area contributed by atoms with Gasteiger partial charge < -0.3 is 4.57 Å². The summed E-state index contributed by atoms with van der Waals surface area (Å²) in [7, 11) is 0. The molecule has 60 heavy (non-hydrogen) atoms. The highest BCUT2D eigenvalue weighted by molar-refractivity contribution is 7.26. The second-order valence-corrected chi connectivity index (χ2v) is 16.8. The van der Waals surface area contributed by atoms with E-state index in [-0.39, 0.29) is 0 Å². The van der Waals surface area contributed by atoms with E-state index in [1.807, 2.05) is 29.5 Å². The summed E-state index contributed by atoms with van der Waals surface area (Å²) in [6, 6.07) is 72.6. The summed E-state index contributed by atoms with van der Waals surface area (Å²) in [5, 5.41) is 12.5. The van der Waals surface area contributed by atoms with E-state index in [1.165, 1.54) is 85.4 Å². The minimum atomic E-state index is 0.868. The Morgan fingerprint density at radius 2 is 0.900 bits per heavy atom. The Morgan fingerprint density at radius 1 is 0.333 bits per heavy atom. The fraction of sp³-hybridized carbons (Fsp3) is 0. The van der Waals surface area contributed by atoms with Gasteiger partial charge in [-0.15, -0.1) is 11.3 Å². The molecule has 3 heterocycles. The van der Waals surface area contributed by atoms with Crippen molar-refractivity contribution >= 4 is 96.7 Å². The van der Waals surface area contributed by atoms with Crippen molar-refractivity contribution in [1.82, 2.24) is 14.5 Å². The van der Waals surface area contributed by atoms with Crippen molar-refractivity contribution in [2.75, 3.05) is 0 Å². The number of rotatable bonds is 4. The van der Waals surface area contributed by atoms with Crippen LogP contribution in [0.15, 0.2) is 200 Å². The summed E-state index contributed by atoms with van der Waals surface area (Å²) in [6.45, 7) is 0. The van der Waals surface area contributed by atoms with Crippen molar-refractivity contribution in [2.24, 2.45) is 0 Å². The van der Waals surface area contributed by atoms with Crippen molar-refractivity contribution in [3.63, 3.8) is 0 Å². The predicted molar refractivity (Wildman–Crippen MR) is 256 cm³/mol. The number of benzene rings is 10. The third-order valence-electron chi connectivity index (χ3n) is 12.3. The molecule has 0 atom stereocenters. The first-order chi connectivity index (χ1) is 29.7. The molecule has 0 fully saturated rings. The average molecular weight is 780 g/mol. The van der Waals surface area contributed by atoms with Gasteiger partial charge >= 0.3 is 0 Å². The Hall–Kier alpha value is -7.66. The van der Waals surface area contributed by atoms with Crippen LogP contribution < -0.4 is 0 Å². The quantitative estimate of drug-likeness (QED) is 0.178. The van der Waals surface area contributed by atoms with Crippen molar-refractivity contribution in [3.05, 3.63) is 200 Å². The zero-order valence-electron chi connectivity index (χ0n) is 32.3. The number of nitrogens with zero attached hydrogens (tertiary/aromatic N) is 3. The molecule has 3 nitrogen and oxygen atoms in total. The molecule has 0 aliphatic carbocycles. The maximum atomic E-state index is 5.29. The lowest BCUT2D eigenvalue weighted by Gasteiger charge is -2.13. The van der Waals surface area contributed by atoms with Gasteiger partial charge in [0.2, 0.25) is 0 Å². The lowest BCUT2D eigenvalue weighted by atomic mass is 9.97. The molecule has 0 aliphatic rings. The van der Waals surface area contributed by atoms with E-state index >= 15 is 0 Å². The first kappa shape index (κ1) is 33.3. The summed E-state index contributed by atoms with van der Waals surface area (Å²) < 4.78 is 5.10. The van der Waals surface area contributed by atoms with Crippen molar-refractivity contribution < 1.29 is 0 Å². The molecule has 0 unspecified atom stereocenters. The van der Waals surface area contributed by atoms with Gasteiger partial charge in [-0.05, 0) is 104 Å². The summed E-state index contributed by atoms with van der Waals surface area (Å²) in [4.78, 5) is 10.6. The predicted octanol–water partition coefficient (Wildman–Crippen LogP) is 15.6. The molecule has 0 saturated carbocycles. The molecule has 0 amide bonds. The minimum Gasteiger partial charge on any atom is -0.309 e. The molecule has 13 aromatic rings. The van der Waals surface area contributed by atoms with Gasteiger partial charge in [-0.25, -0.2) is 9.97 Å². The Morgan fingerprint density at radius 3 is 1.68 bits per heavy atom. The number of thiophene rings is 1. The molecule has 278 valence electrons. The van der Waals surface area contributed by atoms with E-state index in [1.54, 1.807) is 0 Å². The molecular weight excluding hydrogens is 747 g/mol. The molecule has 0 radical (unpaired) electrons. The molecule has 0 saturated heterocycles. The van der Waals surface area contributed by atoms with Crippen LogP contribution in [0.25, 0.3) is 125 Å². The van der Waals surface area contributed by atoms with Gasteiger partial charge in [0, 0.05) is 47.8 Å². The minimum absolute atomic E-state index is 0.868. The molecule has 4 heteroatoms. The molecule has 3 aromatic heterocycles. The van der Waals surface area contributed by atoms with E-state index in [9.17, 15) is 0 Å². The summed E-state index contributed by atoms with van der Waals surface area (Å²) in [6.07, 6.45) is 0. The molecular formula is C56H33N3S. The van der Waals surface area contributed by atoms with E-state index in [2.05, 4.69) is 187 Å². The number of para-hydroxylation sites is 2. The van der Waals surface area contributed by atoms with Gasteiger partial charge in [0.05, 0.1) is 33.5 Å². The van der Waals surface area contributed by atoms with E-state index < -0.39 is 0 Å². The van der Waals surface area contributed by atoms with Crippen LogP contribution >= 0.6 is 11.3 Å². The zero-order chi connectivity index (χ0) is 39.3. The average Bonchev–Trinajstić information content (AvgIpc) is 3.84. The van der Waals surface area contributed by atoms with Gasteiger partial charge in [0.1, 0.15) is 0 Å². The molecule has 0 spiro atoms. The maximum Gasteiger partial charge on any atom is 0.0973 e. The Kier molecular flexibility index (Phi) is 7.18. The Bertz CT molecular complexity index is 3880. The molecule has 13 rings (SSSR count). The standard InChI is InChI=1S/C56H33N3S/c1-2-10-34(11-3-1)39-18-19-41-29-42(21-20-40(41)28-39)55-54(57-49-16-8-9-17-50(49)58-55)36-22-25-43(26-23-36)59-51-31-38-14-5-4-13-37(38)30-46(51)47-33-53-48(32-52(47)59)45-27-24-35-12-6-7-15-44(35)56(45)60-53/h1-33H. The van der Waals surface area contributed by atoms with Crippen molar-refractivity contribution in [3.8, 4) is 39.3 Å². The smallest absolute Gasteiger partial charge is 0.0973 e. The molecule has 0 aliphatic heterocycles. The second kappa shape index (κ2) is 12.9. The van der Waals surface area contributed by atoms with Crippen molar-refractivity contribution in [2.45, 2.75) is 0 Å². The monoisotopic (exact) mass is 779 g/mol. The van der Waals surface area contributed by atoms with Gasteiger partial charge in [0.15, 0.2) is 0 Å².